The number of carboxylic acid groups (broad SMARTS) is 1. The van der Waals surface area contributed by atoms with Crippen LogP contribution in [0.25, 0.3) is 0 Å². The van der Waals surface area contributed by atoms with Crippen LogP contribution in [0, 0.1) is 0 Å². The maximum Gasteiger partial charge on any atom is 1.00 e. The first-order valence-electron chi connectivity index (χ1n) is 32.3. The number of imide groups is 1. The molecule has 1 N–H and O–H groups in total. The minimum Gasteiger partial charge on any atom is -0.748 e. The molecule has 0 unspecified atom stereocenters. The van der Waals surface area contributed by atoms with Crippen molar-refractivity contribution in [2.24, 2.45) is 0 Å². The van der Waals surface area contributed by atoms with Crippen LogP contribution in [0.2, 0.25) is 0 Å². The maximum atomic E-state index is 12.3. The molecule has 0 radical (unpaired) electrons. The first-order valence-corrected chi connectivity index (χ1v) is 37.7. The van der Waals surface area contributed by atoms with Crippen molar-refractivity contribution in [3.8, 4) is 0 Å². The van der Waals surface area contributed by atoms with Gasteiger partial charge in [0.15, 0.2) is 11.4 Å². The number of rotatable bonds is 27. The second kappa shape index (κ2) is 38.3. The Morgan fingerprint density at radius 3 is 1.22 bits per heavy atom. The minimum absolute atomic E-state index is 0. The Kier molecular flexibility index (Phi) is 33.3. The second-order valence-electron chi connectivity index (χ2n) is 26.2. The molecule has 2 amide bonds. The maximum absolute atomic E-state index is 12.3. The quantitative estimate of drug-likeness (QED) is 0.0224. The van der Waals surface area contributed by atoms with Crippen LogP contribution < -0.4 is 88.5 Å². The van der Waals surface area contributed by atoms with Gasteiger partial charge in [0, 0.05) is 132 Å². The van der Waals surface area contributed by atoms with Crippen LogP contribution in [-0.2, 0) is 75.0 Å². The Hall–Kier alpha value is -5.28. The van der Waals surface area contributed by atoms with Crippen LogP contribution in [0.3, 0.4) is 0 Å². The summed E-state index contributed by atoms with van der Waals surface area (Å²) in [4.78, 5) is 90.1. The number of aliphatic carboxylic acids is 1. The van der Waals surface area contributed by atoms with E-state index in [-0.39, 0.29) is 118 Å². The molecule has 524 valence electrons. The summed E-state index contributed by atoms with van der Waals surface area (Å²) in [6, 6.07) is 33.5. The van der Waals surface area contributed by atoms with Crippen molar-refractivity contribution in [2.75, 3.05) is 47.5 Å². The second-order valence-corrected chi connectivity index (χ2v) is 30.2. The first-order chi connectivity index (χ1) is 45.5. The molecule has 0 atom stereocenters. The Labute approximate surface area is 628 Å². The zero-order valence-corrected chi connectivity index (χ0v) is 65.6. The normalized spacial score (nSPS) is 17.4. The van der Waals surface area contributed by atoms with E-state index >= 15 is 0 Å². The molecular formula is C70H87N5Na2O18P2S2. The van der Waals surface area contributed by atoms with Crippen molar-refractivity contribution in [2.45, 2.75) is 167 Å². The van der Waals surface area contributed by atoms with Crippen LogP contribution >= 0.6 is 16.5 Å². The molecule has 0 spiro atoms. The number of para-hydroxylation sites is 4. The number of anilines is 2. The number of allylic oxidation sites excluding steroid dienone is 8. The van der Waals surface area contributed by atoms with Crippen LogP contribution in [0.15, 0.2) is 145 Å². The third-order valence-electron chi connectivity index (χ3n) is 18.0. The summed E-state index contributed by atoms with van der Waals surface area (Å²) in [7, 11) is -15.2. The Morgan fingerprint density at radius 1 is 0.515 bits per heavy atom. The molecule has 5 aliphatic rings. The van der Waals surface area contributed by atoms with Gasteiger partial charge in [0.1, 0.15) is 13.1 Å². The van der Waals surface area contributed by atoms with E-state index in [9.17, 15) is 45.1 Å². The molecule has 4 aromatic rings. The average molecular weight is 1460 g/mol. The monoisotopic (exact) mass is 1460 g/mol. The fraction of sp³-hybridized carbons (Fsp3) is 0.457. The van der Waals surface area contributed by atoms with Crippen LogP contribution in [0.4, 0.5) is 22.7 Å². The van der Waals surface area contributed by atoms with Gasteiger partial charge in [-0.2, -0.15) is 9.15 Å². The van der Waals surface area contributed by atoms with E-state index in [0.717, 1.165) is 72.9 Å². The van der Waals surface area contributed by atoms with Gasteiger partial charge >= 0.3 is 71.1 Å². The fourth-order valence-corrected chi connectivity index (χ4v) is 14.4. The summed E-state index contributed by atoms with van der Waals surface area (Å²) in [5.41, 5.74) is 13.2. The van der Waals surface area contributed by atoms with Crippen LogP contribution in [0.1, 0.15) is 168 Å². The molecule has 5 heterocycles. The number of hydrogen-bond acceptors (Lipinski definition) is 19. The minimum atomic E-state index is -4.25. The van der Waals surface area contributed by atoms with Gasteiger partial charge in [0.25, 0.3) is 28.3 Å². The van der Waals surface area contributed by atoms with Gasteiger partial charge < -0.3 is 48.4 Å². The third-order valence-corrected chi connectivity index (χ3v) is 19.6. The largest absolute Gasteiger partial charge is 1.00 e. The molecular weight excluding hydrogens is 1370 g/mol. The Morgan fingerprint density at radius 2 is 0.859 bits per heavy atom. The van der Waals surface area contributed by atoms with E-state index in [1.165, 1.54) is 33.7 Å². The summed E-state index contributed by atoms with van der Waals surface area (Å²) in [6.07, 6.45) is 19.8. The van der Waals surface area contributed by atoms with Gasteiger partial charge in [-0.15, -0.1) is 5.06 Å². The molecule has 0 bridgehead atoms. The van der Waals surface area contributed by atoms with Crippen molar-refractivity contribution >= 4 is 94.7 Å². The number of carbonyl (C=O) groups excluding carboxylic acids is 3. The molecule has 29 heteroatoms. The van der Waals surface area contributed by atoms with Crippen molar-refractivity contribution in [1.82, 2.24) is 5.06 Å². The third kappa shape index (κ3) is 23.6. The molecule has 5 aliphatic heterocycles. The Balaban J connectivity index is 0.000000376. The van der Waals surface area contributed by atoms with Crippen molar-refractivity contribution in [1.29, 1.82) is 0 Å². The van der Waals surface area contributed by atoms with Crippen molar-refractivity contribution in [3.63, 3.8) is 0 Å². The molecule has 99 heavy (non-hydrogen) atoms. The average Bonchev–Trinajstić information content (AvgIpc) is 1.62. The van der Waals surface area contributed by atoms with E-state index < -0.39 is 60.5 Å². The van der Waals surface area contributed by atoms with Crippen molar-refractivity contribution < 1.29 is 152 Å². The number of hydroxylamine groups is 2. The van der Waals surface area contributed by atoms with Crippen LogP contribution in [-0.4, -0.2) is 118 Å². The zero-order chi connectivity index (χ0) is 71.7. The van der Waals surface area contributed by atoms with Crippen molar-refractivity contribution in [3.05, 3.63) is 167 Å². The van der Waals surface area contributed by atoms with Gasteiger partial charge in [0.05, 0.1) is 31.1 Å². The number of amides is 2. The molecule has 0 aromatic heterocycles. The van der Waals surface area contributed by atoms with Gasteiger partial charge in [-0.05, 0) is 114 Å². The molecule has 4 aromatic carbocycles. The van der Waals surface area contributed by atoms with E-state index in [0.29, 0.717) is 56.7 Å². The molecule has 0 aliphatic carbocycles. The van der Waals surface area contributed by atoms with E-state index in [1.54, 1.807) is 0 Å². The smallest absolute Gasteiger partial charge is 0.748 e. The molecule has 0 saturated carbocycles. The summed E-state index contributed by atoms with van der Waals surface area (Å²) < 4.78 is 88.6. The topological polar surface area (TPSA) is 354 Å². The van der Waals surface area contributed by atoms with Gasteiger partial charge in [-0.1, -0.05) is 122 Å². The number of carboxylic acids is 1. The van der Waals surface area contributed by atoms with Crippen LogP contribution in [0.5, 0.6) is 0 Å². The predicted octanol–water partition coefficient (Wildman–Crippen LogP) is 2.80. The van der Waals surface area contributed by atoms with E-state index in [1.807, 2.05) is 30.3 Å². The van der Waals surface area contributed by atoms with E-state index in [2.05, 4.69) is 178 Å². The summed E-state index contributed by atoms with van der Waals surface area (Å²) >= 11 is 0. The number of hydrogen-bond donors (Lipinski definition) is 1. The fourth-order valence-electron chi connectivity index (χ4n) is 13.3. The molecule has 1 saturated heterocycles. The number of nitrogens with zero attached hydrogens (tertiary/aromatic N) is 5. The van der Waals surface area contributed by atoms with Gasteiger partial charge in [0.2, 0.25) is 11.4 Å². The zero-order valence-electron chi connectivity index (χ0n) is 58.2. The van der Waals surface area contributed by atoms with Gasteiger partial charge in [-0.25, -0.2) is 21.6 Å². The number of carbonyl (C=O) groups is 4. The summed E-state index contributed by atoms with van der Waals surface area (Å²) in [6.45, 7) is 20.5. The standard InChI is InChI=1S/C37H45N3O7S.C33H42N2O5S.2Na.2HO3P/c1-36(2)27-15-7-9-17-29(27)38(24-11-5-6-21-35(43)47-40-33(41)22-23-34(40)42)31(36)19-14-20-32-37(3,4)28-16-8-10-18-30(28)39(32)25-12-13-26-48(44,45)46;1-32(2)25-15-7-9-17-27(25)34(22-11-5-6-21-31(36)37)29(32)19-14-20-30-33(3,4)26-16-8-10-18-28(26)35(30)23-12-13-24-41(38,39)40;;;2*1-4(2)3/h7-10,14-20H,5-6,11-13,21-26H2,1-4H3;7-10,14-20H,5-6,11-13,21-24H2,1-4H3,(H-,36,37,38,39,40);;;2*(H,1,2,3)/q;;2*+1;;/p-2. The summed E-state index contributed by atoms with van der Waals surface area (Å²) in [5, 5.41) is 9.59. The first kappa shape index (κ1) is 86.1. The predicted molar refractivity (Wildman–Crippen MR) is 361 cm³/mol. The van der Waals surface area contributed by atoms with Gasteiger partial charge in [-0.3, -0.25) is 14.4 Å². The molecule has 23 nitrogen and oxygen atoms in total. The molecule has 9 rings (SSSR count). The number of fused-ring (bicyclic) bond motifs is 4. The number of unbranched alkanes of at least 4 members (excludes halogenated alkanes) is 6. The molecule has 1 fully saturated rings. The van der Waals surface area contributed by atoms with E-state index in [4.69, 9.17) is 38.6 Å². The summed E-state index contributed by atoms with van der Waals surface area (Å²) in [5.74, 6) is -2.97. The SMILES string of the molecule is CC1(C)C(/C=C/C=C2/N(CCCCS(=O)(=O)[O-])c3ccccc3C2(C)C)=[N+](CCCCCC(=O)O)c2ccccc21.CC1(C)C(/C=C/C=C2/N(CCCCS(=O)(=O)[O-])c3ccccc3C2(C)C)=[N+](CCCCCC(=O)ON2C(=O)CCC2=O)c2ccccc21.O=[P+]([O-])[O-].O=[P+]([O-])[O-].[Na+].[Na+]. The Bertz CT molecular complexity index is 3980. The number of benzene rings is 4.